The smallest absolute Gasteiger partial charge is 0.288 e. The van der Waals surface area contributed by atoms with E-state index >= 15 is 0 Å². The fraction of sp³-hybridized carbons (Fsp3) is 0.222. The van der Waals surface area contributed by atoms with Crippen LogP contribution in [0.15, 0.2) is 59.0 Å². The number of nitro benzene ring substituents is 1. The van der Waals surface area contributed by atoms with Crippen LogP contribution in [0.2, 0.25) is 0 Å². The maximum atomic E-state index is 10.9. The lowest BCUT2D eigenvalue weighted by Gasteiger charge is -2.19. The lowest BCUT2D eigenvalue weighted by atomic mass is 10.2. The molecular formula is C18H18N4O3S. The van der Waals surface area contributed by atoms with Gasteiger partial charge in [0.25, 0.3) is 10.5 Å². The van der Waals surface area contributed by atoms with E-state index in [0.717, 1.165) is 13.1 Å². The van der Waals surface area contributed by atoms with Gasteiger partial charge in [0, 0.05) is 24.2 Å². The molecule has 0 unspecified atom stereocenters. The number of aromatic nitrogens is 2. The van der Waals surface area contributed by atoms with Crippen molar-refractivity contribution in [3.63, 3.8) is 0 Å². The molecule has 134 valence electrons. The number of rotatable bonds is 7. The molecule has 0 bridgehead atoms. The van der Waals surface area contributed by atoms with E-state index in [4.69, 9.17) is 16.6 Å². The molecule has 3 rings (SSSR count). The molecule has 0 spiro atoms. The molecule has 1 heterocycles. The van der Waals surface area contributed by atoms with Crippen LogP contribution < -0.4 is 0 Å². The highest BCUT2D eigenvalue weighted by molar-refractivity contribution is 7.71. The molecule has 0 atom stereocenters. The van der Waals surface area contributed by atoms with E-state index in [-0.39, 0.29) is 16.4 Å². The van der Waals surface area contributed by atoms with E-state index in [9.17, 15) is 10.1 Å². The van der Waals surface area contributed by atoms with Crippen LogP contribution in [-0.2, 0) is 13.2 Å². The van der Waals surface area contributed by atoms with Gasteiger partial charge in [-0.25, -0.2) is 4.68 Å². The average Bonchev–Trinajstić information content (AvgIpc) is 3.02. The Hall–Kier alpha value is -2.84. The Morgan fingerprint density at radius 3 is 2.69 bits per heavy atom. The summed E-state index contributed by atoms with van der Waals surface area (Å²) in [6, 6.07) is 16.3. The molecule has 1 aromatic heterocycles. The van der Waals surface area contributed by atoms with E-state index in [2.05, 4.69) is 29.1 Å². The SMILES string of the molecule is CCN(Cc1ccccc1)Cn1nc(-c2cccc([N+](=O)[O-])c2)oc1=S. The predicted molar refractivity (Wildman–Crippen MR) is 99.9 cm³/mol. The standard InChI is InChI=1S/C18H18N4O3S/c1-2-20(12-14-7-4-3-5-8-14)13-21-18(26)25-17(19-21)15-9-6-10-16(11-15)22(23)24/h3-11H,2,12-13H2,1H3. The van der Waals surface area contributed by atoms with Gasteiger partial charge < -0.3 is 4.42 Å². The van der Waals surface area contributed by atoms with Crippen LogP contribution >= 0.6 is 12.2 Å². The molecule has 8 heteroatoms. The zero-order valence-electron chi connectivity index (χ0n) is 14.2. The second kappa shape index (κ2) is 8.03. The number of non-ortho nitro benzene ring substituents is 1. The topological polar surface area (TPSA) is 77.3 Å². The van der Waals surface area contributed by atoms with Crippen molar-refractivity contribution in [2.24, 2.45) is 0 Å². The van der Waals surface area contributed by atoms with Crippen molar-refractivity contribution in [3.05, 3.63) is 75.1 Å². The molecule has 0 saturated heterocycles. The van der Waals surface area contributed by atoms with E-state index in [1.807, 2.05) is 18.2 Å². The first-order valence-electron chi connectivity index (χ1n) is 8.16. The van der Waals surface area contributed by atoms with Gasteiger partial charge in [-0.1, -0.05) is 43.3 Å². The average molecular weight is 370 g/mol. The zero-order valence-corrected chi connectivity index (χ0v) is 15.1. The van der Waals surface area contributed by atoms with Crippen molar-refractivity contribution < 1.29 is 9.34 Å². The lowest BCUT2D eigenvalue weighted by molar-refractivity contribution is -0.384. The minimum atomic E-state index is -0.451. The monoisotopic (exact) mass is 370 g/mol. The van der Waals surface area contributed by atoms with Gasteiger partial charge in [-0.3, -0.25) is 15.0 Å². The molecule has 3 aromatic rings. The molecule has 0 aliphatic heterocycles. The second-order valence-corrected chi connectivity index (χ2v) is 6.10. The molecule has 0 fully saturated rings. The third kappa shape index (κ3) is 4.22. The fourth-order valence-electron chi connectivity index (χ4n) is 2.56. The normalized spacial score (nSPS) is 11.0. The lowest BCUT2D eigenvalue weighted by Crippen LogP contribution is -2.26. The van der Waals surface area contributed by atoms with Gasteiger partial charge >= 0.3 is 0 Å². The summed E-state index contributed by atoms with van der Waals surface area (Å²) in [6.07, 6.45) is 0. The summed E-state index contributed by atoms with van der Waals surface area (Å²) >= 11 is 5.26. The molecular weight excluding hydrogens is 352 g/mol. The van der Waals surface area contributed by atoms with Crippen molar-refractivity contribution in [3.8, 4) is 11.5 Å². The first kappa shape index (κ1) is 18.0. The Balaban J connectivity index is 1.80. The summed E-state index contributed by atoms with van der Waals surface area (Å²) in [5.74, 6) is 0.273. The summed E-state index contributed by atoms with van der Waals surface area (Å²) in [5, 5.41) is 15.3. The predicted octanol–water partition coefficient (Wildman–Crippen LogP) is 4.26. The van der Waals surface area contributed by atoms with Crippen LogP contribution in [0.3, 0.4) is 0 Å². The largest absolute Gasteiger partial charge is 0.409 e. The van der Waals surface area contributed by atoms with Crippen LogP contribution in [0.1, 0.15) is 12.5 Å². The van der Waals surface area contributed by atoms with E-state index in [0.29, 0.717) is 12.2 Å². The number of nitrogens with zero attached hydrogens (tertiary/aromatic N) is 4. The highest BCUT2D eigenvalue weighted by atomic mass is 32.1. The molecule has 0 radical (unpaired) electrons. The molecule has 0 aliphatic carbocycles. The molecule has 0 amide bonds. The Kier molecular flexibility index (Phi) is 5.55. The Labute approximate surface area is 155 Å². The van der Waals surface area contributed by atoms with Gasteiger partial charge in [0.1, 0.15) is 0 Å². The van der Waals surface area contributed by atoms with Gasteiger partial charge in [0.15, 0.2) is 0 Å². The summed E-state index contributed by atoms with van der Waals surface area (Å²) in [5.41, 5.74) is 1.70. The van der Waals surface area contributed by atoms with Gasteiger partial charge in [-0.2, -0.15) is 0 Å². The highest BCUT2D eigenvalue weighted by Gasteiger charge is 2.14. The van der Waals surface area contributed by atoms with Crippen molar-refractivity contribution in [2.45, 2.75) is 20.1 Å². The number of nitro groups is 1. The Bertz CT molecular complexity index is 952. The minimum Gasteiger partial charge on any atom is -0.409 e. The number of hydrogen-bond acceptors (Lipinski definition) is 6. The van der Waals surface area contributed by atoms with E-state index < -0.39 is 4.92 Å². The quantitative estimate of drug-likeness (QED) is 0.351. The molecule has 7 nitrogen and oxygen atoms in total. The van der Waals surface area contributed by atoms with Crippen molar-refractivity contribution in [2.75, 3.05) is 6.54 Å². The van der Waals surface area contributed by atoms with E-state index in [1.54, 1.807) is 16.8 Å². The van der Waals surface area contributed by atoms with Crippen LogP contribution in [0.4, 0.5) is 5.69 Å². The minimum absolute atomic E-state index is 0.0163. The second-order valence-electron chi connectivity index (χ2n) is 5.75. The van der Waals surface area contributed by atoms with E-state index in [1.165, 1.54) is 17.7 Å². The summed E-state index contributed by atoms with van der Waals surface area (Å²) in [6.45, 7) is 4.12. The van der Waals surface area contributed by atoms with Gasteiger partial charge in [-0.05, 0) is 30.4 Å². The number of benzene rings is 2. The van der Waals surface area contributed by atoms with Gasteiger partial charge in [0.05, 0.1) is 11.6 Å². The molecule has 2 aromatic carbocycles. The first-order valence-corrected chi connectivity index (χ1v) is 8.56. The van der Waals surface area contributed by atoms with Gasteiger partial charge in [0.2, 0.25) is 5.89 Å². The third-order valence-corrected chi connectivity index (χ3v) is 4.23. The van der Waals surface area contributed by atoms with Crippen LogP contribution in [-0.4, -0.2) is 26.1 Å². The van der Waals surface area contributed by atoms with Crippen molar-refractivity contribution >= 4 is 17.9 Å². The molecule has 0 aliphatic rings. The molecule has 0 N–H and O–H groups in total. The van der Waals surface area contributed by atoms with Gasteiger partial charge in [-0.15, -0.1) is 5.10 Å². The summed E-state index contributed by atoms with van der Waals surface area (Å²) in [7, 11) is 0. The van der Waals surface area contributed by atoms with Crippen molar-refractivity contribution in [1.82, 2.24) is 14.7 Å². The zero-order chi connectivity index (χ0) is 18.5. The summed E-state index contributed by atoms with van der Waals surface area (Å²) in [4.78, 5) is 12.9. The third-order valence-electron chi connectivity index (χ3n) is 3.94. The highest BCUT2D eigenvalue weighted by Crippen LogP contribution is 2.23. The van der Waals surface area contributed by atoms with Crippen LogP contribution in [0, 0.1) is 15.0 Å². The Morgan fingerprint density at radius 2 is 2.00 bits per heavy atom. The maximum Gasteiger partial charge on any atom is 0.288 e. The number of hydrogen-bond donors (Lipinski definition) is 0. The maximum absolute atomic E-state index is 10.9. The fourth-order valence-corrected chi connectivity index (χ4v) is 2.74. The molecule has 0 saturated carbocycles. The summed E-state index contributed by atoms with van der Waals surface area (Å²) < 4.78 is 7.14. The van der Waals surface area contributed by atoms with Crippen molar-refractivity contribution in [1.29, 1.82) is 0 Å². The van der Waals surface area contributed by atoms with Crippen LogP contribution in [0.25, 0.3) is 11.5 Å². The molecule has 26 heavy (non-hydrogen) atoms. The Morgan fingerprint density at radius 1 is 1.23 bits per heavy atom. The first-order chi connectivity index (χ1) is 12.6. The van der Waals surface area contributed by atoms with Crippen LogP contribution in [0.5, 0.6) is 0 Å².